The molecule has 0 saturated carbocycles. The van der Waals surface area contributed by atoms with E-state index in [2.05, 4.69) is 20.9 Å². The van der Waals surface area contributed by atoms with E-state index in [0.29, 0.717) is 17.5 Å². The number of nitrogens with one attached hydrogen (secondary N) is 2. The number of alkyl halides is 3. The largest absolute Gasteiger partial charge is 0.481 e. The van der Waals surface area contributed by atoms with Gasteiger partial charge in [0.2, 0.25) is 5.88 Å². The van der Waals surface area contributed by atoms with Gasteiger partial charge in [-0.05, 0) is 35.6 Å². The molecule has 234 valence electrons. The number of carboxylic acid groups (broad SMARTS) is 1. The number of pyridine rings is 1. The third kappa shape index (κ3) is 6.50. The van der Waals surface area contributed by atoms with E-state index in [1.54, 1.807) is 38.2 Å². The van der Waals surface area contributed by atoms with E-state index in [1.165, 1.54) is 18.2 Å². The number of aromatic nitrogens is 3. The van der Waals surface area contributed by atoms with Crippen molar-refractivity contribution in [3.05, 3.63) is 90.4 Å². The number of carbonyl (C=O) groups excluding carboxylic acids is 2. The minimum Gasteiger partial charge on any atom is -0.481 e. The van der Waals surface area contributed by atoms with Crippen molar-refractivity contribution < 1.29 is 42.2 Å². The second-order valence-corrected chi connectivity index (χ2v) is 10.6. The standard InChI is InChI=1S/C31H28F3N5O6/c1-18(2)30(16-23(38-45-30)28-21-11-7-6-8-19(21)12-13-35-28)29(43)36-22(14-27(41)42)24(40)17-44-26-15-25(31(32,33)34)37-39(26)20-9-4-3-5-10-20/h3-13,15-16,18,22,38H,14,17H2,1-2H3,(H,36,43)(H,41,42)/t22-,30+/m0/s1. The zero-order valence-corrected chi connectivity index (χ0v) is 24.0. The molecule has 5 rings (SSSR count). The van der Waals surface area contributed by atoms with Gasteiger partial charge in [-0.2, -0.15) is 18.3 Å². The van der Waals surface area contributed by atoms with Gasteiger partial charge in [-0.1, -0.05) is 56.3 Å². The first kappa shape index (κ1) is 31.2. The Hall–Kier alpha value is -5.24. The average Bonchev–Trinajstić information content (AvgIpc) is 3.66. The van der Waals surface area contributed by atoms with Crippen LogP contribution in [0.3, 0.4) is 0 Å². The van der Waals surface area contributed by atoms with Crippen LogP contribution in [0.5, 0.6) is 5.88 Å². The summed E-state index contributed by atoms with van der Waals surface area (Å²) in [7, 11) is 0. The van der Waals surface area contributed by atoms with Crippen molar-refractivity contribution in [2.24, 2.45) is 5.92 Å². The number of hydroxylamine groups is 1. The summed E-state index contributed by atoms with van der Waals surface area (Å²) in [5, 5.41) is 17.2. The summed E-state index contributed by atoms with van der Waals surface area (Å²) in [5.74, 6) is -4.02. The zero-order valence-electron chi connectivity index (χ0n) is 24.0. The van der Waals surface area contributed by atoms with E-state index in [0.717, 1.165) is 15.5 Å². The van der Waals surface area contributed by atoms with Gasteiger partial charge in [0.05, 0.1) is 23.5 Å². The van der Waals surface area contributed by atoms with E-state index in [4.69, 9.17) is 9.57 Å². The molecule has 14 heteroatoms. The first-order valence-electron chi connectivity index (χ1n) is 13.8. The Morgan fingerprint density at radius 2 is 1.80 bits per heavy atom. The maximum atomic E-state index is 13.7. The third-order valence-electron chi connectivity index (χ3n) is 7.23. The number of nitrogens with zero attached hydrogens (tertiary/aromatic N) is 3. The molecule has 1 aliphatic rings. The summed E-state index contributed by atoms with van der Waals surface area (Å²) in [4.78, 5) is 48.8. The number of aliphatic carboxylic acids is 1. The van der Waals surface area contributed by atoms with Crippen LogP contribution in [0.15, 0.2) is 79.0 Å². The Kier molecular flexibility index (Phi) is 8.60. The molecule has 4 aromatic rings. The van der Waals surface area contributed by atoms with Crippen LogP contribution in [0.25, 0.3) is 22.2 Å². The second-order valence-electron chi connectivity index (χ2n) is 10.6. The van der Waals surface area contributed by atoms with Crippen LogP contribution in [0.4, 0.5) is 13.2 Å². The lowest BCUT2D eigenvalue weighted by atomic mass is 9.87. The fourth-order valence-corrected chi connectivity index (χ4v) is 4.82. The summed E-state index contributed by atoms with van der Waals surface area (Å²) in [5.41, 5.74) is 0.985. The number of hydrogen-bond donors (Lipinski definition) is 3. The molecule has 3 heterocycles. The van der Waals surface area contributed by atoms with Crippen LogP contribution < -0.4 is 15.5 Å². The van der Waals surface area contributed by atoms with E-state index >= 15 is 0 Å². The van der Waals surface area contributed by atoms with Gasteiger partial charge < -0.3 is 15.2 Å². The molecule has 0 radical (unpaired) electrons. The van der Waals surface area contributed by atoms with E-state index in [-0.39, 0.29) is 5.69 Å². The Balaban J connectivity index is 1.38. The molecule has 0 saturated heterocycles. The molecule has 1 aliphatic heterocycles. The normalized spacial score (nSPS) is 17.1. The molecule has 0 spiro atoms. The number of ether oxygens (including phenoxy) is 1. The molecule has 0 fully saturated rings. The Morgan fingerprint density at radius 1 is 1.09 bits per heavy atom. The van der Waals surface area contributed by atoms with Gasteiger partial charge in [0, 0.05) is 17.6 Å². The molecule has 11 nitrogen and oxygen atoms in total. The monoisotopic (exact) mass is 623 g/mol. The fraction of sp³-hybridized carbons (Fsp3) is 0.258. The number of carbonyl (C=O) groups is 3. The first-order chi connectivity index (χ1) is 21.4. The molecule has 3 N–H and O–H groups in total. The number of ketones is 1. The minimum atomic E-state index is -4.80. The van der Waals surface area contributed by atoms with Crippen LogP contribution in [-0.4, -0.2) is 55.8 Å². The van der Waals surface area contributed by atoms with Gasteiger partial charge in [0.25, 0.3) is 5.91 Å². The van der Waals surface area contributed by atoms with Crippen LogP contribution >= 0.6 is 0 Å². The second kappa shape index (κ2) is 12.4. The van der Waals surface area contributed by atoms with Gasteiger partial charge in [-0.15, -0.1) is 0 Å². The molecule has 2 atom stereocenters. The first-order valence-corrected chi connectivity index (χ1v) is 13.8. The van der Waals surface area contributed by atoms with Gasteiger partial charge in [-0.3, -0.25) is 29.7 Å². The van der Waals surface area contributed by atoms with Gasteiger partial charge in [-0.25, -0.2) is 4.68 Å². The molecule has 45 heavy (non-hydrogen) atoms. The van der Waals surface area contributed by atoms with E-state index in [1.807, 2.05) is 30.3 Å². The maximum Gasteiger partial charge on any atom is 0.435 e. The molecular formula is C31H28F3N5O6. The molecular weight excluding hydrogens is 595 g/mol. The molecule has 0 bridgehead atoms. The Bertz CT molecular complexity index is 1770. The highest BCUT2D eigenvalue weighted by Gasteiger charge is 2.47. The van der Waals surface area contributed by atoms with Crippen molar-refractivity contribution in [2.45, 2.75) is 38.1 Å². The Labute approximate surface area is 254 Å². The SMILES string of the molecule is CC(C)[C@@]1(C(=O)N[C@@H](CC(=O)O)C(=O)COc2cc(C(F)(F)F)nn2-c2ccccc2)C=C(c2nccc3ccccc23)NO1. The van der Waals surface area contributed by atoms with Crippen molar-refractivity contribution in [1.82, 2.24) is 25.6 Å². The number of hydrogen-bond acceptors (Lipinski definition) is 8. The zero-order chi connectivity index (χ0) is 32.4. The number of rotatable bonds is 11. The predicted octanol–water partition coefficient (Wildman–Crippen LogP) is 4.32. The van der Waals surface area contributed by atoms with Crippen molar-refractivity contribution >= 4 is 34.1 Å². The van der Waals surface area contributed by atoms with Crippen molar-refractivity contribution in [2.75, 3.05) is 6.61 Å². The third-order valence-corrected chi connectivity index (χ3v) is 7.23. The number of carboxylic acids is 1. The molecule has 0 unspecified atom stereocenters. The topological polar surface area (TPSA) is 145 Å². The summed E-state index contributed by atoms with van der Waals surface area (Å²) < 4.78 is 46.6. The molecule has 0 aliphatic carbocycles. The van der Waals surface area contributed by atoms with Crippen molar-refractivity contribution in [1.29, 1.82) is 0 Å². The number of fused-ring (bicyclic) bond motifs is 1. The lowest BCUT2D eigenvalue weighted by molar-refractivity contribution is -0.152. The number of halogens is 3. The van der Waals surface area contributed by atoms with Gasteiger partial charge >= 0.3 is 12.1 Å². The van der Waals surface area contributed by atoms with E-state index in [9.17, 15) is 32.7 Å². The molecule has 2 aromatic carbocycles. The van der Waals surface area contributed by atoms with Gasteiger partial charge in [0.15, 0.2) is 23.7 Å². The average molecular weight is 624 g/mol. The number of amides is 1. The lowest BCUT2D eigenvalue weighted by Crippen LogP contribution is -2.56. The van der Waals surface area contributed by atoms with Crippen LogP contribution in [-0.2, 0) is 25.4 Å². The van der Waals surface area contributed by atoms with Crippen LogP contribution in [0, 0.1) is 5.92 Å². The van der Waals surface area contributed by atoms with Gasteiger partial charge in [0.1, 0.15) is 6.04 Å². The summed E-state index contributed by atoms with van der Waals surface area (Å²) in [6.07, 6.45) is -2.48. The Morgan fingerprint density at radius 3 is 2.49 bits per heavy atom. The quantitative estimate of drug-likeness (QED) is 0.223. The minimum absolute atomic E-state index is 0.235. The lowest BCUT2D eigenvalue weighted by Gasteiger charge is -2.30. The van der Waals surface area contributed by atoms with E-state index < -0.39 is 66.0 Å². The highest BCUT2D eigenvalue weighted by atomic mass is 19.4. The summed E-state index contributed by atoms with van der Waals surface area (Å²) in [6, 6.07) is 16.1. The smallest absolute Gasteiger partial charge is 0.435 e. The molecule has 2 aromatic heterocycles. The highest BCUT2D eigenvalue weighted by molar-refractivity contribution is 5.98. The van der Waals surface area contributed by atoms with Crippen LogP contribution in [0.2, 0.25) is 0 Å². The number of Topliss-reactive ketones (excluding diaryl/α,β-unsaturated/α-hetero) is 1. The predicted molar refractivity (Wildman–Crippen MR) is 155 cm³/mol. The van der Waals surface area contributed by atoms with Crippen molar-refractivity contribution in [3.63, 3.8) is 0 Å². The highest BCUT2D eigenvalue weighted by Crippen LogP contribution is 2.35. The number of para-hydroxylation sites is 1. The summed E-state index contributed by atoms with van der Waals surface area (Å²) in [6.45, 7) is 2.55. The summed E-state index contributed by atoms with van der Waals surface area (Å²) >= 11 is 0. The fourth-order valence-electron chi connectivity index (χ4n) is 4.82. The number of benzene rings is 2. The van der Waals surface area contributed by atoms with Crippen molar-refractivity contribution in [3.8, 4) is 11.6 Å². The van der Waals surface area contributed by atoms with Crippen LogP contribution in [0.1, 0.15) is 31.7 Å². The maximum absolute atomic E-state index is 13.7. The molecule has 1 amide bonds.